The summed E-state index contributed by atoms with van der Waals surface area (Å²) < 4.78 is 16.2. The molecular formula is C26H32FN5O2. The van der Waals surface area contributed by atoms with E-state index in [2.05, 4.69) is 15.7 Å². The maximum absolute atomic E-state index is 14.4. The van der Waals surface area contributed by atoms with Crippen LogP contribution in [0.4, 0.5) is 15.8 Å². The molecule has 2 N–H and O–H groups in total. The minimum Gasteiger partial charge on any atom is -0.323 e. The van der Waals surface area contributed by atoms with Crippen molar-refractivity contribution in [2.75, 3.05) is 10.6 Å². The number of benzene rings is 1. The van der Waals surface area contributed by atoms with Gasteiger partial charge in [0.05, 0.1) is 22.8 Å². The van der Waals surface area contributed by atoms with Crippen molar-refractivity contribution in [3.63, 3.8) is 0 Å². The van der Waals surface area contributed by atoms with Crippen LogP contribution >= 0.6 is 0 Å². The van der Waals surface area contributed by atoms with E-state index in [-0.39, 0.29) is 35.4 Å². The first-order valence-electron chi connectivity index (χ1n) is 12.0. The molecule has 0 bridgehead atoms. The quantitative estimate of drug-likeness (QED) is 0.464. The first kappa shape index (κ1) is 23.9. The Labute approximate surface area is 199 Å². The molecule has 1 fully saturated rings. The number of nitrogens with zero attached hydrogens (tertiary/aromatic N) is 3. The zero-order valence-corrected chi connectivity index (χ0v) is 20.2. The second kappa shape index (κ2) is 9.91. The molecule has 0 saturated heterocycles. The van der Waals surface area contributed by atoms with Gasteiger partial charge >= 0.3 is 0 Å². The van der Waals surface area contributed by atoms with Crippen molar-refractivity contribution in [1.82, 2.24) is 14.8 Å². The number of halogens is 1. The van der Waals surface area contributed by atoms with E-state index in [4.69, 9.17) is 4.98 Å². The van der Waals surface area contributed by atoms with Crippen molar-refractivity contribution in [2.24, 2.45) is 5.92 Å². The molecule has 3 aromatic rings. The molecule has 180 valence electrons. The third-order valence-corrected chi connectivity index (χ3v) is 6.37. The van der Waals surface area contributed by atoms with E-state index in [1.165, 1.54) is 18.2 Å². The summed E-state index contributed by atoms with van der Waals surface area (Å²) in [6, 6.07) is 6.08. The number of pyridine rings is 1. The Morgan fingerprint density at radius 1 is 1.06 bits per heavy atom. The number of carbonyl (C=O) groups is 2. The van der Waals surface area contributed by atoms with E-state index in [1.54, 1.807) is 16.9 Å². The Hall–Kier alpha value is -3.29. The lowest BCUT2D eigenvalue weighted by molar-refractivity contribution is -0.120. The van der Waals surface area contributed by atoms with Crippen molar-refractivity contribution < 1.29 is 14.0 Å². The average molecular weight is 466 g/mol. The number of fused-ring (bicyclic) bond motifs is 1. The topological polar surface area (TPSA) is 88.9 Å². The fraction of sp³-hybridized carbons (Fsp3) is 0.462. The van der Waals surface area contributed by atoms with Crippen LogP contribution in [-0.2, 0) is 4.79 Å². The molecular weight excluding hydrogens is 433 g/mol. The van der Waals surface area contributed by atoms with Gasteiger partial charge in [-0.3, -0.25) is 9.59 Å². The Bertz CT molecular complexity index is 1210. The summed E-state index contributed by atoms with van der Waals surface area (Å²) in [4.78, 5) is 30.6. The van der Waals surface area contributed by atoms with Gasteiger partial charge in [0.15, 0.2) is 5.65 Å². The fourth-order valence-electron chi connectivity index (χ4n) is 4.40. The first-order chi connectivity index (χ1) is 16.2. The summed E-state index contributed by atoms with van der Waals surface area (Å²) in [7, 11) is 0. The maximum atomic E-state index is 14.4. The largest absolute Gasteiger partial charge is 0.323 e. The predicted molar refractivity (Wildman–Crippen MR) is 132 cm³/mol. The van der Waals surface area contributed by atoms with Gasteiger partial charge in [-0.05, 0) is 56.9 Å². The van der Waals surface area contributed by atoms with E-state index >= 15 is 0 Å². The summed E-state index contributed by atoms with van der Waals surface area (Å²) >= 11 is 0. The van der Waals surface area contributed by atoms with Crippen molar-refractivity contribution in [1.29, 1.82) is 0 Å². The fourth-order valence-corrected chi connectivity index (χ4v) is 4.40. The van der Waals surface area contributed by atoms with E-state index in [9.17, 15) is 14.0 Å². The molecule has 7 nitrogen and oxygen atoms in total. The number of amides is 2. The van der Waals surface area contributed by atoms with E-state index < -0.39 is 5.82 Å². The summed E-state index contributed by atoms with van der Waals surface area (Å²) in [5.41, 5.74) is 2.38. The number of anilines is 2. The lowest BCUT2D eigenvalue weighted by Crippen LogP contribution is -2.25. The van der Waals surface area contributed by atoms with Gasteiger partial charge in [-0.1, -0.05) is 33.1 Å². The van der Waals surface area contributed by atoms with Crippen LogP contribution in [0.5, 0.6) is 0 Å². The minimum absolute atomic E-state index is 0.0729. The molecule has 0 atom stereocenters. The number of nitrogens with one attached hydrogen (secondary N) is 2. The number of carbonyl (C=O) groups excluding carboxylic acids is 2. The molecule has 34 heavy (non-hydrogen) atoms. The molecule has 0 radical (unpaired) electrons. The molecule has 1 aromatic carbocycles. The van der Waals surface area contributed by atoms with Crippen molar-refractivity contribution in [3.05, 3.63) is 47.5 Å². The predicted octanol–water partition coefficient (Wildman–Crippen LogP) is 6.05. The zero-order valence-electron chi connectivity index (χ0n) is 20.2. The standard InChI is InChI=1S/C26H32FN5O2/c1-15(2)22-13-19(20-14-28-32(16(3)4)24(20)30-22)26(34)29-18-10-11-21(27)23(12-18)31-25(33)17-8-6-5-7-9-17/h10-17H,5-9H2,1-4H3,(H,29,34)(H,31,33). The number of hydrogen-bond acceptors (Lipinski definition) is 4. The maximum Gasteiger partial charge on any atom is 0.256 e. The molecule has 0 unspecified atom stereocenters. The highest BCUT2D eigenvalue weighted by Gasteiger charge is 2.23. The van der Waals surface area contributed by atoms with Crippen LogP contribution in [0.15, 0.2) is 30.5 Å². The summed E-state index contributed by atoms with van der Waals surface area (Å²) in [5, 5.41) is 10.6. The van der Waals surface area contributed by atoms with Crippen molar-refractivity contribution in [3.8, 4) is 0 Å². The lowest BCUT2D eigenvalue weighted by Gasteiger charge is -2.21. The first-order valence-corrected chi connectivity index (χ1v) is 12.0. The normalized spacial score (nSPS) is 14.7. The summed E-state index contributed by atoms with van der Waals surface area (Å²) in [6.45, 7) is 8.06. The van der Waals surface area contributed by atoms with Crippen LogP contribution in [0, 0.1) is 11.7 Å². The van der Waals surface area contributed by atoms with Crippen molar-refractivity contribution in [2.45, 2.75) is 71.8 Å². The smallest absolute Gasteiger partial charge is 0.256 e. The molecule has 1 aliphatic rings. The van der Waals surface area contributed by atoms with E-state index in [0.717, 1.165) is 37.8 Å². The van der Waals surface area contributed by atoms with E-state index in [1.807, 2.05) is 27.7 Å². The van der Waals surface area contributed by atoms with Crippen LogP contribution in [0.25, 0.3) is 11.0 Å². The van der Waals surface area contributed by atoms with Gasteiger partial charge in [0.2, 0.25) is 5.91 Å². The van der Waals surface area contributed by atoms with Crippen LogP contribution in [0.2, 0.25) is 0 Å². The van der Waals surface area contributed by atoms with Crippen LogP contribution in [0.1, 0.15) is 87.8 Å². The monoisotopic (exact) mass is 465 g/mol. The second-order valence-electron chi connectivity index (χ2n) is 9.64. The second-order valence-corrected chi connectivity index (χ2v) is 9.64. The highest BCUT2D eigenvalue weighted by Crippen LogP contribution is 2.28. The molecule has 4 rings (SSSR count). The Kier molecular flexibility index (Phi) is 6.95. The highest BCUT2D eigenvalue weighted by molar-refractivity contribution is 6.12. The van der Waals surface area contributed by atoms with Gasteiger partial charge < -0.3 is 10.6 Å². The molecule has 0 spiro atoms. The minimum atomic E-state index is -0.534. The van der Waals surface area contributed by atoms with E-state index in [0.29, 0.717) is 22.3 Å². The van der Waals surface area contributed by atoms with Gasteiger partial charge in [-0.15, -0.1) is 0 Å². The lowest BCUT2D eigenvalue weighted by atomic mass is 9.88. The summed E-state index contributed by atoms with van der Waals surface area (Å²) in [6.07, 6.45) is 6.47. The van der Waals surface area contributed by atoms with Crippen LogP contribution in [-0.4, -0.2) is 26.6 Å². The third-order valence-electron chi connectivity index (χ3n) is 6.37. The average Bonchev–Trinajstić information content (AvgIpc) is 3.25. The number of hydrogen-bond donors (Lipinski definition) is 2. The zero-order chi connectivity index (χ0) is 24.4. The molecule has 1 saturated carbocycles. The Morgan fingerprint density at radius 2 is 1.79 bits per heavy atom. The number of aromatic nitrogens is 3. The molecule has 2 heterocycles. The Morgan fingerprint density at radius 3 is 2.47 bits per heavy atom. The third kappa shape index (κ3) is 4.95. The van der Waals surface area contributed by atoms with Gasteiger partial charge in [0.1, 0.15) is 5.82 Å². The van der Waals surface area contributed by atoms with Gasteiger partial charge in [0, 0.05) is 23.3 Å². The SMILES string of the molecule is CC(C)c1cc(C(=O)Nc2ccc(F)c(NC(=O)C3CCCCC3)c2)c2cnn(C(C)C)c2n1. The van der Waals surface area contributed by atoms with Crippen LogP contribution in [0.3, 0.4) is 0 Å². The molecule has 2 aromatic heterocycles. The van der Waals surface area contributed by atoms with Gasteiger partial charge in [-0.2, -0.15) is 5.10 Å². The number of rotatable bonds is 6. The Balaban J connectivity index is 1.60. The molecule has 8 heteroatoms. The van der Waals surface area contributed by atoms with Crippen LogP contribution < -0.4 is 10.6 Å². The molecule has 2 amide bonds. The van der Waals surface area contributed by atoms with Crippen molar-refractivity contribution >= 4 is 34.2 Å². The van der Waals surface area contributed by atoms with Gasteiger partial charge in [-0.25, -0.2) is 14.1 Å². The highest BCUT2D eigenvalue weighted by atomic mass is 19.1. The van der Waals surface area contributed by atoms with Gasteiger partial charge in [0.25, 0.3) is 5.91 Å². The molecule has 0 aliphatic heterocycles. The molecule has 1 aliphatic carbocycles. The summed E-state index contributed by atoms with van der Waals surface area (Å²) in [5.74, 6) is -1.01.